The lowest BCUT2D eigenvalue weighted by Gasteiger charge is -2.29. The van der Waals surface area contributed by atoms with Crippen molar-refractivity contribution in [1.82, 2.24) is 4.98 Å². The third kappa shape index (κ3) is 3.69. The van der Waals surface area contributed by atoms with E-state index < -0.39 is 0 Å². The summed E-state index contributed by atoms with van der Waals surface area (Å²) in [6.07, 6.45) is 4.99. The summed E-state index contributed by atoms with van der Waals surface area (Å²) in [5.74, 6) is 0.616. The van der Waals surface area contributed by atoms with E-state index in [1.54, 1.807) is 18.3 Å². The van der Waals surface area contributed by atoms with Crippen molar-refractivity contribution in [3.8, 4) is 5.75 Å². The Bertz CT molecular complexity index is 954. The van der Waals surface area contributed by atoms with E-state index in [1.165, 1.54) is 6.42 Å². The first-order chi connectivity index (χ1) is 13.2. The Balaban J connectivity index is 1.74. The number of anilines is 1. The van der Waals surface area contributed by atoms with Gasteiger partial charge in [0, 0.05) is 31.0 Å². The summed E-state index contributed by atoms with van der Waals surface area (Å²) in [6.45, 7) is 2.24. The van der Waals surface area contributed by atoms with E-state index in [4.69, 9.17) is 4.74 Å². The van der Waals surface area contributed by atoms with E-state index >= 15 is 0 Å². The predicted molar refractivity (Wildman–Crippen MR) is 105 cm³/mol. The first-order valence-electron chi connectivity index (χ1n) is 9.21. The molecule has 138 valence electrons. The highest BCUT2D eigenvalue weighted by molar-refractivity contribution is 5.95. The van der Waals surface area contributed by atoms with Crippen LogP contribution in [0.15, 0.2) is 54.7 Å². The molecule has 2 aromatic carbocycles. The van der Waals surface area contributed by atoms with Crippen molar-refractivity contribution in [2.75, 3.05) is 18.0 Å². The molecule has 0 saturated carbocycles. The number of benzene rings is 2. The molecule has 1 saturated heterocycles. The number of aromatic nitrogens is 1. The standard InChI is InChI=1S/C21H21N3O3/c25-24(26)19-14-17(23-11-5-2-6-12-23)13-18-20(9-10-22-21(18)19)27-15-16-7-3-1-4-8-16/h1,3-4,7-10,13-14H,2,5-6,11-12,15H2. The monoisotopic (exact) mass is 363 g/mol. The van der Waals surface area contributed by atoms with Gasteiger partial charge < -0.3 is 9.64 Å². The van der Waals surface area contributed by atoms with Crippen molar-refractivity contribution in [2.24, 2.45) is 0 Å². The van der Waals surface area contributed by atoms with Gasteiger partial charge in [0.2, 0.25) is 0 Å². The second-order valence-corrected chi connectivity index (χ2v) is 6.75. The van der Waals surface area contributed by atoms with Crippen LogP contribution in [0.5, 0.6) is 5.75 Å². The number of fused-ring (bicyclic) bond motifs is 1. The molecular formula is C21H21N3O3. The average Bonchev–Trinajstić information content (AvgIpc) is 2.72. The summed E-state index contributed by atoms with van der Waals surface area (Å²) in [7, 11) is 0. The Morgan fingerprint density at radius 2 is 1.85 bits per heavy atom. The maximum Gasteiger partial charge on any atom is 0.297 e. The highest BCUT2D eigenvalue weighted by Gasteiger charge is 2.21. The molecule has 0 unspecified atom stereocenters. The van der Waals surface area contributed by atoms with Crippen molar-refractivity contribution >= 4 is 22.3 Å². The number of rotatable bonds is 5. The predicted octanol–water partition coefficient (Wildman–Crippen LogP) is 4.71. The number of non-ortho nitro benzene ring substituents is 1. The van der Waals surface area contributed by atoms with E-state index in [1.807, 2.05) is 36.4 Å². The van der Waals surface area contributed by atoms with Gasteiger partial charge in [0.25, 0.3) is 5.69 Å². The summed E-state index contributed by atoms with van der Waals surface area (Å²) in [6, 6.07) is 15.2. The first kappa shape index (κ1) is 17.3. The van der Waals surface area contributed by atoms with Gasteiger partial charge in [-0.25, -0.2) is 4.98 Å². The zero-order valence-corrected chi connectivity index (χ0v) is 15.0. The molecule has 2 heterocycles. The first-order valence-corrected chi connectivity index (χ1v) is 9.21. The quantitative estimate of drug-likeness (QED) is 0.485. The normalized spacial score (nSPS) is 14.3. The second-order valence-electron chi connectivity index (χ2n) is 6.75. The number of hydrogen-bond acceptors (Lipinski definition) is 5. The van der Waals surface area contributed by atoms with Gasteiger partial charge in [0.05, 0.1) is 10.3 Å². The van der Waals surface area contributed by atoms with E-state index in [0.717, 1.165) is 37.2 Å². The number of nitro groups is 1. The number of pyridine rings is 1. The van der Waals surface area contributed by atoms with Crippen LogP contribution in [0, 0.1) is 10.1 Å². The van der Waals surface area contributed by atoms with Gasteiger partial charge in [-0.1, -0.05) is 30.3 Å². The minimum atomic E-state index is -0.357. The van der Waals surface area contributed by atoms with Crippen molar-refractivity contribution in [2.45, 2.75) is 25.9 Å². The van der Waals surface area contributed by atoms with Gasteiger partial charge in [0.15, 0.2) is 5.52 Å². The van der Waals surface area contributed by atoms with Crippen LogP contribution in [0.4, 0.5) is 11.4 Å². The topological polar surface area (TPSA) is 68.5 Å². The maximum atomic E-state index is 11.6. The highest BCUT2D eigenvalue weighted by Crippen LogP contribution is 2.36. The third-order valence-electron chi connectivity index (χ3n) is 4.92. The van der Waals surface area contributed by atoms with Crippen LogP contribution in [0.3, 0.4) is 0 Å². The van der Waals surface area contributed by atoms with Crippen molar-refractivity contribution in [1.29, 1.82) is 0 Å². The maximum absolute atomic E-state index is 11.6. The Morgan fingerprint density at radius 3 is 2.59 bits per heavy atom. The number of ether oxygens (including phenoxy) is 1. The number of piperidine rings is 1. The fraction of sp³-hybridized carbons (Fsp3) is 0.286. The molecule has 6 nitrogen and oxygen atoms in total. The average molecular weight is 363 g/mol. The molecule has 0 bridgehead atoms. The molecule has 0 amide bonds. The van der Waals surface area contributed by atoms with Crippen LogP contribution >= 0.6 is 0 Å². The highest BCUT2D eigenvalue weighted by atomic mass is 16.6. The molecule has 3 aromatic rings. The lowest BCUT2D eigenvalue weighted by molar-refractivity contribution is -0.383. The summed E-state index contributed by atoms with van der Waals surface area (Å²) in [4.78, 5) is 17.8. The summed E-state index contributed by atoms with van der Waals surface area (Å²) >= 11 is 0. The minimum absolute atomic E-state index is 0.0261. The fourth-order valence-corrected chi connectivity index (χ4v) is 3.53. The molecule has 0 spiro atoms. The molecule has 6 heteroatoms. The van der Waals surface area contributed by atoms with Gasteiger partial charge >= 0.3 is 0 Å². The van der Waals surface area contributed by atoms with Crippen LogP contribution in [0.1, 0.15) is 24.8 Å². The molecule has 27 heavy (non-hydrogen) atoms. The number of nitro benzene ring substituents is 1. The molecule has 0 atom stereocenters. The fourth-order valence-electron chi connectivity index (χ4n) is 3.53. The van der Waals surface area contributed by atoms with Gasteiger partial charge in [-0.15, -0.1) is 0 Å². The largest absolute Gasteiger partial charge is 0.488 e. The van der Waals surface area contributed by atoms with Crippen molar-refractivity contribution in [3.05, 3.63) is 70.4 Å². The Hall–Kier alpha value is -3.15. The zero-order valence-electron chi connectivity index (χ0n) is 15.0. The Labute approximate surface area is 157 Å². The molecule has 1 fully saturated rings. The van der Waals surface area contributed by atoms with Crippen LogP contribution in [0.25, 0.3) is 10.9 Å². The lowest BCUT2D eigenvalue weighted by atomic mass is 10.1. The minimum Gasteiger partial charge on any atom is -0.488 e. The van der Waals surface area contributed by atoms with E-state index in [-0.39, 0.29) is 10.6 Å². The van der Waals surface area contributed by atoms with E-state index in [9.17, 15) is 10.1 Å². The molecule has 1 aliphatic rings. The Kier molecular flexibility index (Phi) is 4.87. The van der Waals surface area contributed by atoms with Crippen LogP contribution in [0.2, 0.25) is 0 Å². The summed E-state index contributed by atoms with van der Waals surface area (Å²) in [5, 5.41) is 12.3. The van der Waals surface area contributed by atoms with Crippen molar-refractivity contribution in [3.63, 3.8) is 0 Å². The lowest BCUT2D eigenvalue weighted by Crippen LogP contribution is -2.29. The zero-order chi connectivity index (χ0) is 18.6. The van der Waals surface area contributed by atoms with Gasteiger partial charge in [0.1, 0.15) is 12.4 Å². The van der Waals surface area contributed by atoms with Gasteiger partial charge in [-0.2, -0.15) is 0 Å². The third-order valence-corrected chi connectivity index (χ3v) is 4.92. The smallest absolute Gasteiger partial charge is 0.297 e. The number of hydrogen-bond donors (Lipinski definition) is 0. The van der Waals surface area contributed by atoms with Gasteiger partial charge in [-0.05, 0) is 37.0 Å². The molecule has 1 aliphatic heterocycles. The molecule has 0 radical (unpaired) electrons. The Morgan fingerprint density at radius 1 is 1.07 bits per heavy atom. The summed E-state index contributed by atoms with van der Waals surface area (Å²) < 4.78 is 6.00. The second kappa shape index (κ2) is 7.61. The molecule has 1 aromatic heterocycles. The van der Waals surface area contributed by atoms with Crippen LogP contribution < -0.4 is 9.64 Å². The molecule has 0 N–H and O–H groups in total. The molecule has 0 aliphatic carbocycles. The van der Waals surface area contributed by atoms with Crippen LogP contribution in [-0.2, 0) is 6.61 Å². The summed E-state index contributed by atoms with van der Waals surface area (Å²) in [5.41, 5.74) is 2.31. The van der Waals surface area contributed by atoms with Gasteiger partial charge in [-0.3, -0.25) is 10.1 Å². The molecule has 4 rings (SSSR count). The SMILES string of the molecule is O=[N+]([O-])c1cc(N2CCCCC2)cc2c(OCc3ccccc3)ccnc12. The van der Waals surface area contributed by atoms with E-state index in [0.29, 0.717) is 23.3 Å². The number of nitrogens with zero attached hydrogens (tertiary/aromatic N) is 3. The molecular weight excluding hydrogens is 342 g/mol. The van der Waals surface area contributed by atoms with Crippen molar-refractivity contribution < 1.29 is 9.66 Å². The van der Waals surface area contributed by atoms with E-state index in [2.05, 4.69) is 9.88 Å². The van der Waals surface area contributed by atoms with Crippen LogP contribution in [-0.4, -0.2) is 23.0 Å².